The Balaban J connectivity index is 1.42. The third-order valence-corrected chi connectivity index (χ3v) is 6.38. The summed E-state index contributed by atoms with van der Waals surface area (Å²) in [4.78, 5) is 39.5. The Morgan fingerprint density at radius 1 is 1.03 bits per heavy atom. The zero-order valence-electron chi connectivity index (χ0n) is 19.3. The number of carbonyl (C=O) groups excluding carboxylic acids is 2. The highest BCUT2D eigenvalue weighted by Gasteiger charge is 2.31. The average molecular weight is 490 g/mol. The number of fused-ring (bicyclic) bond motifs is 1. The molecule has 3 aromatic carbocycles. The number of nitrogens with two attached hydrogens (primary N) is 1. The van der Waals surface area contributed by atoms with Gasteiger partial charge in [0.2, 0.25) is 0 Å². The number of halogens is 1. The number of hydrogen-bond acceptors (Lipinski definition) is 5. The average Bonchev–Trinajstić information content (AvgIpc) is 3.48. The first-order valence-electron chi connectivity index (χ1n) is 11.5. The number of carbonyl (C=O) groups is 2. The molecule has 2 amide bonds. The van der Waals surface area contributed by atoms with Crippen molar-refractivity contribution in [1.29, 1.82) is 0 Å². The third kappa shape index (κ3) is 4.34. The number of aromatic nitrogens is 2. The molecule has 1 aliphatic heterocycles. The van der Waals surface area contributed by atoms with Gasteiger partial charge in [0.1, 0.15) is 11.6 Å². The fraction of sp³-hybridized carbons (Fsp3) is 0.192. The normalized spacial score (nSPS) is 15.3. The Hall–Kier alpha value is -4.44. The van der Waals surface area contributed by atoms with E-state index in [1.54, 1.807) is 39.8 Å². The summed E-state index contributed by atoms with van der Waals surface area (Å²) >= 11 is 0. The van der Waals surface area contributed by atoms with Gasteiger partial charge in [0.25, 0.3) is 5.91 Å². The van der Waals surface area contributed by atoms with Crippen LogP contribution in [0.4, 0.5) is 9.18 Å². The van der Waals surface area contributed by atoms with Crippen molar-refractivity contribution in [3.63, 3.8) is 0 Å². The Bertz CT molecular complexity index is 1500. The predicted octanol–water partition coefficient (Wildman–Crippen LogP) is 3.04. The van der Waals surface area contributed by atoms with Gasteiger partial charge < -0.3 is 9.64 Å². The zero-order valence-corrected chi connectivity index (χ0v) is 19.3. The second kappa shape index (κ2) is 9.67. The number of para-hydroxylation sites is 3. The van der Waals surface area contributed by atoms with Gasteiger partial charge in [-0.15, -0.1) is 0 Å². The van der Waals surface area contributed by atoms with Crippen molar-refractivity contribution in [2.75, 3.05) is 13.1 Å². The number of hydrazine groups is 1. The van der Waals surface area contributed by atoms with Crippen molar-refractivity contribution < 1.29 is 18.7 Å². The first-order valence-corrected chi connectivity index (χ1v) is 11.5. The minimum Gasteiger partial charge on any atom is -0.410 e. The maximum absolute atomic E-state index is 14.8. The molecule has 0 spiro atoms. The predicted molar refractivity (Wildman–Crippen MR) is 131 cm³/mol. The number of nitrogens with zero attached hydrogens (tertiary/aromatic N) is 3. The van der Waals surface area contributed by atoms with Gasteiger partial charge in [-0.1, -0.05) is 36.4 Å². The Labute approximate surface area is 205 Å². The van der Waals surface area contributed by atoms with Crippen LogP contribution in [-0.2, 0) is 6.54 Å². The van der Waals surface area contributed by atoms with E-state index < -0.39 is 17.8 Å². The lowest BCUT2D eigenvalue weighted by molar-refractivity contribution is 0.0953. The van der Waals surface area contributed by atoms with Gasteiger partial charge >= 0.3 is 11.8 Å². The van der Waals surface area contributed by atoms with E-state index in [-0.39, 0.29) is 29.4 Å². The smallest absolute Gasteiger partial charge is 0.410 e. The lowest BCUT2D eigenvalue weighted by atomic mass is 10.1. The van der Waals surface area contributed by atoms with Crippen LogP contribution in [0.5, 0.6) is 5.75 Å². The van der Waals surface area contributed by atoms with Gasteiger partial charge in [0, 0.05) is 24.2 Å². The van der Waals surface area contributed by atoms with Crippen LogP contribution in [0.1, 0.15) is 28.4 Å². The van der Waals surface area contributed by atoms with Crippen LogP contribution < -0.4 is 21.7 Å². The van der Waals surface area contributed by atoms with Crippen molar-refractivity contribution >= 4 is 23.0 Å². The van der Waals surface area contributed by atoms with Crippen LogP contribution in [0, 0.1) is 5.82 Å². The summed E-state index contributed by atoms with van der Waals surface area (Å²) in [5.41, 5.74) is 3.36. The molecule has 9 nitrogen and oxygen atoms in total. The number of benzene rings is 3. The Morgan fingerprint density at radius 2 is 1.75 bits per heavy atom. The Kier molecular flexibility index (Phi) is 6.26. The molecule has 1 aliphatic rings. The number of nitrogen functional groups attached to an aromatic ring is 1. The number of rotatable bonds is 5. The maximum Gasteiger partial charge on any atom is 0.415 e. The summed E-state index contributed by atoms with van der Waals surface area (Å²) in [5.74, 6) is 4.36. The number of imidazole rings is 1. The summed E-state index contributed by atoms with van der Waals surface area (Å²) in [6.45, 7) is 0.744. The molecule has 36 heavy (non-hydrogen) atoms. The summed E-state index contributed by atoms with van der Waals surface area (Å²) < 4.78 is 23.4. The zero-order chi connectivity index (χ0) is 25.2. The van der Waals surface area contributed by atoms with Crippen LogP contribution in [0.2, 0.25) is 0 Å². The van der Waals surface area contributed by atoms with Crippen molar-refractivity contribution in [2.24, 2.45) is 5.84 Å². The van der Waals surface area contributed by atoms with Gasteiger partial charge in [0.15, 0.2) is 0 Å². The third-order valence-electron chi connectivity index (χ3n) is 6.38. The topological polar surface area (TPSA) is 112 Å². The molecule has 1 saturated heterocycles. The summed E-state index contributed by atoms with van der Waals surface area (Å²) in [7, 11) is 0. The van der Waals surface area contributed by atoms with E-state index in [1.807, 2.05) is 29.7 Å². The molecule has 3 N–H and O–H groups in total. The fourth-order valence-corrected chi connectivity index (χ4v) is 4.58. The maximum atomic E-state index is 14.8. The van der Waals surface area contributed by atoms with Crippen molar-refractivity contribution in [1.82, 2.24) is 19.5 Å². The summed E-state index contributed by atoms with van der Waals surface area (Å²) in [6.07, 6.45) is 0.110. The molecule has 0 radical (unpaired) electrons. The van der Waals surface area contributed by atoms with Gasteiger partial charge in [-0.3, -0.25) is 19.4 Å². The van der Waals surface area contributed by atoms with Crippen molar-refractivity contribution in [3.05, 3.63) is 100 Å². The molecule has 1 atom stereocenters. The number of nitrogens with one attached hydrogen (secondary N) is 1. The van der Waals surface area contributed by atoms with E-state index in [1.165, 1.54) is 16.7 Å². The lowest BCUT2D eigenvalue weighted by Gasteiger charge is -2.17. The van der Waals surface area contributed by atoms with Crippen LogP contribution in [-0.4, -0.2) is 39.1 Å². The van der Waals surface area contributed by atoms with E-state index in [2.05, 4.69) is 0 Å². The molecule has 1 fully saturated rings. The molecule has 0 aliphatic carbocycles. The first kappa shape index (κ1) is 23.3. The molecule has 5 rings (SSSR count). The highest BCUT2D eigenvalue weighted by Crippen LogP contribution is 2.26. The molecule has 0 bridgehead atoms. The van der Waals surface area contributed by atoms with Gasteiger partial charge in [-0.05, 0) is 42.8 Å². The van der Waals surface area contributed by atoms with Gasteiger partial charge in [0.05, 0.1) is 23.6 Å². The van der Waals surface area contributed by atoms with E-state index in [9.17, 15) is 18.8 Å². The number of hydrogen-bond donors (Lipinski definition) is 2. The van der Waals surface area contributed by atoms with Gasteiger partial charge in [-0.25, -0.2) is 19.8 Å². The second-order valence-electron chi connectivity index (χ2n) is 8.58. The minimum absolute atomic E-state index is 0.0187. The van der Waals surface area contributed by atoms with E-state index in [0.717, 1.165) is 6.07 Å². The molecule has 4 aromatic rings. The van der Waals surface area contributed by atoms with Crippen LogP contribution in [0.3, 0.4) is 0 Å². The quantitative estimate of drug-likeness (QED) is 0.254. The lowest BCUT2D eigenvalue weighted by Crippen LogP contribution is -2.33. The van der Waals surface area contributed by atoms with Crippen molar-refractivity contribution in [3.8, 4) is 5.75 Å². The van der Waals surface area contributed by atoms with E-state index in [4.69, 9.17) is 10.6 Å². The largest absolute Gasteiger partial charge is 0.415 e. The molecular formula is C26H24FN5O4. The highest BCUT2D eigenvalue weighted by molar-refractivity contribution is 5.93. The van der Waals surface area contributed by atoms with Gasteiger partial charge in [-0.2, -0.15) is 0 Å². The molecular weight excluding hydrogens is 465 g/mol. The summed E-state index contributed by atoms with van der Waals surface area (Å²) in [6, 6.07) is 19.9. The molecule has 1 unspecified atom stereocenters. The molecule has 2 heterocycles. The monoisotopic (exact) mass is 489 g/mol. The number of ether oxygens (including phenoxy) is 1. The second-order valence-corrected chi connectivity index (χ2v) is 8.58. The first-order chi connectivity index (χ1) is 17.5. The summed E-state index contributed by atoms with van der Waals surface area (Å²) in [5, 5.41) is 0. The van der Waals surface area contributed by atoms with Crippen LogP contribution >= 0.6 is 0 Å². The Morgan fingerprint density at radius 3 is 2.47 bits per heavy atom. The van der Waals surface area contributed by atoms with E-state index >= 15 is 0 Å². The molecule has 184 valence electrons. The fourth-order valence-electron chi connectivity index (χ4n) is 4.58. The molecule has 1 aromatic heterocycles. The molecule has 10 heteroatoms. The van der Waals surface area contributed by atoms with E-state index in [0.29, 0.717) is 36.3 Å². The molecule has 0 saturated carbocycles. The minimum atomic E-state index is -0.615. The number of likely N-dealkylation sites (tertiary alicyclic amines) is 1. The standard InChI is InChI=1S/C26H24FN5O4/c27-21-14-17(24(33)29-28)10-11-18(21)15-31-22-8-4-5-9-23(22)32(25(31)34)19-12-13-30(16-19)26(35)36-20-6-2-1-3-7-20/h1-11,14,19H,12-13,15-16,28H2,(H,29,33). The highest BCUT2D eigenvalue weighted by atomic mass is 19.1. The van der Waals surface area contributed by atoms with Crippen LogP contribution in [0.25, 0.3) is 11.0 Å². The van der Waals surface area contributed by atoms with Crippen molar-refractivity contribution in [2.45, 2.75) is 19.0 Å². The SMILES string of the molecule is NNC(=O)c1ccc(Cn2c(=O)n(C3CCN(C(=O)Oc4ccccc4)C3)c3ccccc32)c(F)c1. The van der Waals surface area contributed by atoms with Crippen LogP contribution in [0.15, 0.2) is 77.6 Å². The number of amides is 2.